The van der Waals surface area contributed by atoms with Gasteiger partial charge in [-0.25, -0.2) is 14.2 Å². The third-order valence-electron chi connectivity index (χ3n) is 4.45. The third-order valence-corrected chi connectivity index (χ3v) is 4.45. The molecule has 1 aliphatic rings. The van der Waals surface area contributed by atoms with Crippen LogP contribution in [0.25, 0.3) is 16.5 Å². The zero-order chi connectivity index (χ0) is 18.4. The molecule has 1 atom stereocenters. The van der Waals surface area contributed by atoms with Crippen LogP contribution in [0.2, 0.25) is 0 Å². The van der Waals surface area contributed by atoms with Gasteiger partial charge in [-0.1, -0.05) is 6.08 Å². The molecular weight excluding hydrogens is 339 g/mol. The molecule has 0 amide bonds. The van der Waals surface area contributed by atoms with Crippen molar-refractivity contribution >= 4 is 28.2 Å². The number of allylic oxidation sites excluding steroid dienone is 1. The third kappa shape index (κ3) is 2.36. The fourth-order valence-corrected chi connectivity index (χ4v) is 3.27. The van der Waals surface area contributed by atoms with Crippen molar-refractivity contribution in [2.75, 3.05) is 7.11 Å². The van der Waals surface area contributed by atoms with Crippen LogP contribution in [0.4, 0.5) is 4.39 Å². The fraction of sp³-hybridized carbons (Fsp3) is 0.105. The summed E-state index contributed by atoms with van der Waals surface area (Å²) in [5, 5.41) is 10.2. The standard InChI is InChI=1S/C19H13FN2O4/c1-26-16-3-2-11-17(22-16)14(19(24)25)8-13(18(11)23)12-6-9(20)7-15-10(12)4-5-21-15/h2-8,13,21H,1H3,(H,24,25). The van der Waals surface area contributed by atoms with Crippen molar-refractivity contribution in [1.29, 1.82) is 0 Å². The van der Waals surface area contributed by atoms with Crippen LogP contribution in [0.1, 0.15) is 27.5 Å². The number of aliphatic carboxylic acids is 1. The van der Waals surface area contributed by atoms with Gasteiger partial charge in [-0.2, -0.15) is 0 Å². The summed E-state index contributed by atoms with van der Waals surface area (Å²) < 4.78 is 19.0. The Labute approximate surface area is 146 Å². The molecule has 130 valence electrons. The highest BCUT2D eigenvalue weighted by Gasteiger charge is 2.34. The molecule has 26 heavy (non-hydrogen) atoms. The van der Waals surface area contributed by atoms with Crippen molar-refractivity contribution in [2.45, 2.75) is 5.92 Å². The summed E-state index contributed by atoms with van der Waals surface area (Å²) in [5.74, 6) is -2.77. The zero-order valence-corrected chi connectivity index (χ0v) is 13.6. The normalized spacial score (nSPS) is 16.3. The Kier molecular flexibility index (Phi) is 3.57. The Balaban J connectivity index is 1.96. The van der Waals surface area contributed by atoms with Gasteiger partial charge in [-0.05, 0) is 29.8 Å². The molecule has 7 heteroatoms. The number of H-pyrrole nitrogens is 1. The summed E-state index contributed by atoms with van der Waals surface area (Å²) in [6.45, 7) is 0. The number of benzene rings is 1. The number of fused-ring (bicyclic) bond motifs is 2. The lowest BCUT2D eigenvalue weighted by Crippen LogP contribution is -2.22. The lowest BCUT2D eigenvalue weighted by atomic mass is 9.81. The highest BCUT2D eigenvalue weighted by molar-refractivity contribution is 6.22. The van der Waals surface area contributed by atoms with Gasteiger partial charge < -0.3 is 14.8 Å². The number of Topliss-reactive ketones (excluding diaryl/α,β-unsaturated/α-hetero) is 1. The van der Waals surface area contributed by atoms with Crippen molar-refractivity contribution in [2.24, 2.45) is 0 Å². The quantitative estimate of drug-likeness (QED) is 0.755. The molecule has 0 fully saturated rings. The van der Waals surface area contributed by atoms with E-state index in [1.165, 1.54) is 37.5 Å². The first-order valence-corrected chi connectivity index (χ1v) is 7.81. The van der Waals surface area contributed by atoms with Gasteiger partial charge in [-0.15, -0.1) is 0 Å². The number of ether oxygens (including phenoxy) is 1. The molecular formula is C19H13FN2O4. The van der Waals surface area contributed by atoms with E-state index in [0.717, 1.165) is 0 Å². The van der Waals surface area contributed by atoms with Gasteiger partial charge in [-0.3, -0.25) is 4.79 Å². The van der Waals surface area contributed by atoms with E-state index in [9.17, 15) is 19.1 Å². The van der Waals surface area contributed by atoms with Crippen LogP contribution in [0, 0.1) is 5.82 Å². The number of pyridine rings is 1. The van der Waals surface area contributed by atoms with Crippen molar-refractivity contribution in [3.63, 3.8) is 0 Å². The Morgan fingerprint density at radius 1 is 1.31 bits per heavy atom. The maximum atomic E-state index is 14.0. The molecule has 3 aromatic rings. The van der Waals surface area contributed by atoms with Gasteiger partial charge in [0.1, 0.15) is 5.82 Å². The van der Waals surface area contributed by atoms with Crippen LogP contribution >= 0.6 is 0 Å². The SMILES string of the molecule is COc1ccc2c(n1)C(C(=O)O)=CC(c1cc(F)cc3[nH]ccc13)C2=O. The number of nitrogens with zero attached hydrogens (tertiary/aromatic N) is 1. The van der Waals surface area contributed by atoms with E-state index in [0.29, 0.717) is 16.5 Å². The molecule has 4 rings (SSSR count). The van der Waals surface area contributed by atoms with Crippen molar-refractivity contribution < 1.29 is 23.8 Å². The molecule has 1 aliphatic carbocycles. The molecule has 2 N–H and O–H groups in total. The Bertz CT molecular complexity index is 1100. The molecule has 1 unspecified atom stereocenters. The topological polar surface area (TPSA) is 92.3 Å². The van der Waals surface area contributed by atoms with Crippen LogP contribution in [0.5, 0.6) is 5.88 Å². The minimum absolute atomic E-state index is 0.0554. The van der Waals surface area contributed by atoms with Crippen LogP contribution in [0.3, 0.4) is 0 Å². The number of aromatic nitrogens is 2. The summed E-state index contributed by atoms with van der Waals surface area (Å²) in [5.41, 5.74) is 1.06. The number of hydrogen-bond acceptors (Lipinski definition) is 4. The van der Waals surface area contributed by atoms with E-state index in [1.54, 1.807) is 12.3 Å². The zero-order valence-electron chi connectivity index (χ0n) is 13.6. The molecule has 0 bridgehead atoms. The second-order valence-corrected chi connectivity index (χ2v) is 5.91. The molecule has 0 saturated heterocycles. The number of nitrogens with one attached hydrogen (secondary N) is 1. The maximum absolute atomic E-state index is 14.0. The molecule has 6 nitrogen and oxygen atoms in total. The highest BCUT2D eigenvalue weighted by atomic mass is 19.1. The van der Waals surface area contributed by atoms with E-state index in [-0.39, 0.29) is 28.5 Å². The first-order chi connectivity index (χ1) is 12.5. The lowest BCUT2D eigenvalue weighted by molar-refractivity contribution is -0.130. The Morgan fingerprint density at radius 3 is 2.85 bits per heavy atom. The Hall–Kier alpha value is -3.48. The second kappa shape index (κ2) is 5.80. The van der Waals surface area contributed by atoms with E-state index >= 15 is 0 Å². The number of hydrogen-bond donors (Lipinski definition) is 2. The van der Waals surface area contributed by atoms with Crippen molar-refractivity contribution in [1.82, 2.24) is 9.97 Å². The number of ketones is 1. The van der Waals surface area contributed by atoms with Gasteiger partial charge in [0.05, 0.1) is 24.3 Å². The highest BCUT2D eigenvalue weighted by Crippen LogP contribution is 2.37. The van der Waals surface area contributed by atoms with Gasteiger partial charge >= 0.3 is 5.97 Å². The molecule has 0 saturated carbocycles. The average Bonchev–Trinajstić information content (AvgIpc) is 3.09. The first kappa shape index (κ1) is 16.0. The van der Waals surface area contributed by atoms with Gasteiger partial charge in [0.2, 0.25) is 5.88 Å². The van der Waals surface area contributed by atoms with E-state index in [1.807, 2.05) is 0 Å². The maximum Gasteiger partial charge on any atom is 0.337 e. The minimum atomic E-state index is -1.22. The van der Waals surface area contributed by atoms with E-state index < -0.39 is 17.7 Å². The van der Waals surface area contributed by atoms with Gasteiger partial charge in [0, 0.05) is 28.7 Å². The summed E-state index contributed by atoms with van der Waals surface area (Å²) in [6.07, 6.45) is 2.96. The smallest absolute Gasteiger partial charge is 0.337 e. The van der Waals surface area contributed by atoms with E-state index in [4.69, 9.17) is 4.74 Å². The largest absolute Gasteiger partial charge is 0.481 e. The predicted molar refractivity (Wildman–Crippen MR) is 91.7 cm³/mol. The number of halogens is 1. The fourth-order valence-electron chi connectivity index (χ4n) is 3.27. The van der Waals surface area contributed by atoms with Crippen molar-refractivity contribution in [3.8, 4) is 5.88 Å². The van der Waals surface area contributed by atoms with Crippen LogP contribution in [-0.4, -0.2) is 33.9 Å². The summed E-state index contributed by atoms with van der Waals surface area (Å²) in [7, 11) is 1.40. The number of aromatic amines is 1. The van der Waals surface area contributed by atoms with Crippen LogP contribution in [0.15, 0.2) is 42.6 Å². The number of carboxylic acids is 1. The van der Waals surface area contributed by atoms with Crippen molar-refractivity contribution in [3.05, 3.63) is 65.2 Å². The van der Waals surface area contributed by atoms with Gasteiger partial charge in [0.15, 0.2) is 5.78 Å². The molecule has 2 aromatic heterocycles. The molecule has 2 heterocycles. The van der Waals surface area contributed by atoms with Crippen LogP contribution < -0.4 is 4.74 Å². The first-order valence-electron chi connectivity index (χ1n) is 7.81. The number of methoxy groups -OCH3 is 1. The molecule has 1 aromatic carbocycles. The molecule has 0 spiro atoms. The predicted octanol–water partition coefficient (Wildman–Crippen LogP) is 3.16. The van der Waals surface area contributed by atoms with Crippen LogP contribution in [-0.2, 0) is 4.79 Å². The second-order valence-electron chi connectivity index (χ2n) is 5.91. The molecule has 0 radical (unpaired) electrons. The average molecular weight is 352 g/mol. The number of carbonyl (C=O) groups excluding carboxylic acids is 1. The van der Waals surface area contributed by atoms with E-state index in [2.05, 4.69) is 9.97 Å². The lowest BCUT2D eigenvalue weighted by Gasteiger charge is -2.22. The minimum Gasteiger partial charge on any atom is -0.481 e. The summed E-state index contributed by atoms with van der Waals surface area (Å²) in [6, 6.07) is 7.30. The molecule has 0 aliphatic heterocycles. The number of carboxylic acid groups (broad SMARTS) is 1. The monoisotopic (exact) mass is 352 g/mol. The Morgan fingerprint density at radius 2 is 2.12 bits per heavy atom. The number of carbonyl (C=O) groups is 2. The van der Waals surface area contributed by atoms with Gasteiger partial charge in [0.25, 0.3) is 0 Å². The summed E-state index contributed by atoms with van der Waals surface area (Å²) in [4.78, 5) is 31.8. The summed E-state index contributed by atoms with van der Waals surface area (Å²) >= 11 is 0. The number of rotatable bonds is 3.